The second-order valence-corrected chi connectivity index (χ2v) is 5.51. The molecule has 0 fully saturated rings. The molecular formula is C19H17BO3. The Balaban J connectivity index is 2.16. The van der Waals surface area contributed by atoms with E-state index in [-0.39, 0.29) is 0 Å². The van der Waals surface area contributed by atoms with Crippen molar-refractivity contribution in [2.24, 2.45) is 0 Å². The van der Waals surface area contributed by atoms with Crippen molar-refractivity contribution in [2.45, 2.75) is 6.92 Å². The maximum Gasteiger partial charge on any atom is 0.497 e. The van der Waals surface area contributed by atoms with Crippen LogP contribution in [0.1, 0.15) is 6.92 Å². The molecule has 0 amide bonds. The van der Waals surface area contributed by atoms with E-state index >= 15 is 0 Å². The zero-order valence-corrected chi connectivity index (χ0v) is 13.2. The Morgan fingerprint density at radius 2 is 1.74 bits per heavy atom. The lowest BCUT2D eigenvalue weighted by Gasteiger charge is -2.12. The molecule has 0 aliphatic rings. The smallest absolute Gasteiger partial charge is 0.456 e. The maximum absolute atomic E-state index is 6.16. The molecule has 0 aliphatic heterocycles. The van der Waals surface area contributed by atoms with Crippen LogP contribution in [0.25, 0.3) is 32.7 Å². The van der Waals surface area contributed by atoms with Gasteiger partial charge in [0.2, 0.25) is 0 Å². The summed E-state index contributed by atoms with van der Waals surface area (Å²) in [6.07, 6.45) is 0. The van der Waals surface area contributed by atoms with E-state index in [4.69, 9.17) is 13.7 Å². The summed E-state index contributed by atoms with van der Waals surface area (Å²) in [5, 5.41) is 4.58. The normalized spacial score (nSPS) is 11.6. The summed E-state index contributed by atoms with van der Waals surface area (Å²) < 4.78 is 17.5. The summed E-state index contributed by atoms with van der Waals surface area (Å²) in [5.41, 5.74) is 2.65. The predicted octanol–water partition coefficient (Wildman–Crippen LogP) is 4.12. The molecule has 1 aromatic heterocycles. The Hall–Kier alpha value is -2.30. The summed E-state index contributed by atoms with van der Waals surface area (Å²) in [6, 6.07) is 18.6. The van der Waals surface area contributed by atoms with Crippen LogP contribution in [0, 0.1) is 0 Å². The van der Waals surface area contributed by atoms with Crippen molar-refractivity contribution in [2.75, 3.05) is 13.7 Å². The Morgan fingerprint density at radius 3 is 2.52 bits per heavy atom. The number of rotatable bonds is 4. The van der Waals surface area contributed by atoms with Crippen LogP contribution in [0.2, 0.25) is 0 Å². The van der Waals surface area contributed by atoms with E-state index < -0.39 is 7.12 Å². The van der Waals surface area contributed by atoms with Gasteiger partial charge in [-0.3, -0.25) is 0 Å². The van der Waals surface area contributed by atoms with E-state index in [1.807, 2.05) is 31.2 Å². The van der Waals surface area contributed by atoms with Crippen molar-refractivity contribution in [3.8, 4) is 0 Å². The molecule has 0 atom stereocenters. The highest BCUT2D eigenvalue weighted by molar-refractivity contribution is 6.65. The van der Waals surface area contributed by atoms with Gasteiger partial charge in [-0.15, -0.1) is 0 Å². The van der Waals surface area contributed by atoms with Crippen molar-refractivity contribution in [3.05, 3.63) is 54.6 Å². The monoisotopic (exact) mass is 304 g/mol. The molecule has 0 bridgehead atoms. The van der Waals surface area contributed by atoms with E-state index in [0.29, 0.717) is 6.61 Å². The summed E-state index contributed by atoms with van der Waals surface area (Å²) in [6.45, 7) is 2.54. The van der Waals surface area contributed by atoms with Gasteiger partial charge in [-0.2, -0.15) is 0 Å². The molecule has 0 unspecified atom stereocenters. The molecule has 3 aromatic carbocycles. The molecular weight excluding hydrogens is 287 g/mol. The third-order valence-corrected chi connectivity index (χ3v) is 4.18. The lowest BCUT2D eigenvalue weighted by atomic mass is 9.76. The first kappa shape index (κ1) is 14.3. The third kappa shape index (κ3) is 2.22. The van der Waals surface area contributed by atoms with E-state index in [1.54, 1.807) is 7.11 Å². The van der Waals surface area contributed by atoms with Gasteiger partial charge in [-0.05, 0) is 23.8 Å². The van der Waals surface area contributed by atoms with Gasteiger partial charge in [0.1, 0.15) is 11.2 Å². The number of hydrogen-bond donors (Lipinski definition) is 0. The van der Waals surface area contributed by atoms with E-state index in [9.17, 15) is 0 Å². The van der Waals surface area contributed by atoms with E-state index in [1.165, 1.54) is 5.39 Å². The first-order chi connectivity index (χ1) is 11.3. The number of furan rings is 1. The van der Waals surface area contributed by atoms with Crippen LogP contribution in [-0.4, -0.2) is 20.8 Å². The van der Waals surface area contributed by atoms with Crippen LogP contribution in [0.15, 0.2) is 59.0 Å². The minimum absolute atomic E-state index is 0.437. The zero-order chi connectivity index (χ0) is 15.8. The molecule has 4 heteroatoms. The van der Waals surface area contributed by atoms with Crippen LogP contribution in [-0.2, 0) is 9.31 Å². The quantitative estimate of drug-likeness (QED) is 0.532. The van der Waals surface area contributed by atoms with Crippen molar-refractivity contribution in [1.29, 1.82) is 0 Å². The number of para-hydroxylation sites is 1. The molecule has 0 aliphatic carbocycles. The fraction of sp³-hybridized carbons (Fsp3) is 0.158. The van der Waals surface area contributed by atoms with Gasteiger partial charge in [-0.25, -0.2) is 0 Å². The van der Waals surface area contributed by atoms with Gasteiger partial charge >= 0.3 is 7.12 Å². The Bertz CT molecular complexity index is 990. The lowest BCUT2D eigenvalue weighted by molar-refractivity contribution is 0.253. The van der Waals surface area contributed by atoms with E-state index in [0.717, 1.165) is 32.8 Å². The highest BCUT2D eigenvalue weighted by Gasteiger charge is 2.26. The van der Waals surface area contributed by atoms with Crippen molar-refractivity contribution in [3.63, 3.8) is 0 Å². The molecule has 114 valence electrons. The van der Waals surface area contributed by atoms with E-state index in [2.05, 4.69) is 30.3 Å². The fourth-order valence-electron chi connectivity index (χ4n) is 3.21. The van der Waals surface area contributed by atoms with Crippen LogP contribution >= 0.6 is 0 Å². The van der Waals surface area contributed by atoms with Gasteiger partial charge in [-0.1, -0.05) is 48.5 Å². The van der Waals surface area contributed by atoms with Crippen molar-refractivity contribution >= 4 is 45.3 Å². The molecule has 0 radical (unpaired) electrons. The van der Waals surface area contributed by atoms with Gasteiger partial charge in [0.05, 0.1) is 0 Å². The molecule has 1 heterocycles. The number of fused-ring (bicyclic) bond motifs is 5. The number of benzene rings is 3. The zero-order valence-electron chi connectivity index (χ0n) is 13.2. The molecule has 23 heavy (non-hydrogen) atoms. The minimum Gasteiger partial charge on any atom is -0.456 e. The topological polar surface area (TPSA) is 31.6 Å². The largest absolute Gasteiger partial charge is 0.497 e. The van der Waals surface area contributed by atoms with Gasteiger partial charge in [0, 0.05) is 30.0 Å². The molecule has 4 rings (SSSR count). The first-order valence-electron chi connectivity index (χ1n) is 7.80. The standard InChI is InChI=1S/C19H17BO3/c1-3-22-20(21-2)16-12-13-8-4-5-9-14(13)18-15-10-6-7-11-17(15)23-19(16)18/h4-12H,3H2,1-2H3. The summed E-state index contributed by atoms with van der Waals surface area (Å²) in [4.78, 5) is 0. The van der Waals surface area contributed by atoms with Crippen LogP contribution in [0.3, 0.4) is 0 Å². The second-order valence-electron chi connectivity index (χ2n) is 5.51. The Labute approximate surface area is 134 Å². The highest BCUT2D eigenvalue weighted by atomic mass is 16.6. The van der Waals surface area contributed by atoms with Crippen LogP contribution in [0.5, 0.6) is 0 Å². The van der Waals surface area contributed by atoms with Gasteiger partial charge in [0.25, 0.3) is 0 Å². The lowest BCUT2D eigenvalue weighted by Crippen LogP contribution is -2.36. The van der Waals surface area contributed by atoms with Crippen molar-refractivity contribution in [1.82, 2.24) is 0 Å². The summed E-state index contributed by atoms with van der Waals surface area (Å²) in [5.74, 6) is 0. The average Bonchev–Trinajstić information content (AvgIpc) is 2.99. The summed E-state index contributed by atoms with van der Waals surface area (Å²) >= 11 is 0. The van der Waals surface area contributed by atoms with Crippen LogP contribution in [0.4, 0.5) is 0 Å². The Kier molecular flexibility index (Phi) is 3.56. The van der Waals surface area contributed by atoms with Crippen molar-refractivity contribution < 1.29 is 13.7 Å². The fourth-order valence-corrected chi connectivity index (χ4v) is 3.21. The molecule has 4 aromatic rings. The number of hydrogen-bond acceptors (Lipinski definition) is 3. The maximum atomic E-state index is 6.16. The molecule has 0 N–H and O–H groups in total. The highest BCUT2D eigenvalue weighted by Crippen LogP contribution is 2.33. The first-order valence-corrected chi connectivity index (χ1v) is 7.80. The molecule has 0 saturated heterocycles. The van der Waals surface area contributed by atoms with Crippen LogP contribution < -0.4 is 5.46 Å². The third-order valence-electron chi connectivity index (χ3n) is 4.18. The summed E-state index contributed by atoms with van der Waals surface area (Å²) in [7, 11) is 1.22. The average molecular weight is 304 g/mol. The second kappa shape index (κ2) is 5.72. The van der Waals surface area contributed by atoms with Gasteiger partial charge < -0.3 is 13.7 Å². The minimum atomic E-state index is -0.437. The molecule has 3 nitrogen and oxygen atoms in total. The Morgan fingerprint density at radius 1 is 1.00 bits per heavy atom. The molecule has 0 saturated carbocycles. The molecule has 0 spiro atoms. The SMILES string of the molecule is CCOB(OC)c1cc2ccccc2c2c1oc1ccccc12. The predicted molar refractivity (Wildman–Crippen MR) is 95.2 cm³/mol. The van der Waals surface area contributed by atoms with Gasteiger partial charge in [0.15, 0.2) is 0 Å².